The molecule has 2 amide bonds. The van der Waals surface area contributed by atoms with Crippen LogP contribution in [0.1, 0.15) is 37.5 Å². The Labute approximate surface area is 179 Å². The summed E-state index contributed by atoms with van der Waals surface area (Å²) in [5, 5.41) is 2.95. The van der Waals surface area contributed by atoms with Crippen LogP contribution in [0.4, 0.5) is 0 Å². The first-order chi connectivity index (χ1) is 13.9. The summed E-state index contributed by atoms with van der Waals surface area (Å²) >= 11 is 1.58. The molecule has 0 heterocycles. The van der Waals surface area contributed by atoms with Crippen molar-refractivity contribution in [2.45, 2.75) is 46.0 Å². The van der Waals surface area contributed by atoms with Crippen molar-refractivity contribution in [3.05, 3.63) is 71.3 Å². The van der Waals surface area contributed by atoms with Gasteiger partial charge >= 0.3 is 0 Å². The molecular formula is C24H32N2O2S. The highest BCUT2D eigenvalue weighted by Crippen LogP contribution is 2.16. The molecule has 0 bridgehead atoms. The lowest BCUT2D eigenvalue weighted by Gasteiger charge is -2.29. The molecule has 29 heavy (non-hydrogen) atoms. The second-order valence-corrected chi connectivity index (χ2v) is 8.79. The molecule has 0 fully saturated rings. The number of hydrogen-bond acceptors (Lipinski definition) is 3. The fraction of sp³-hybridized carbons (Fsp3) is 0.417. The summed E-state index contributed by atoms with van der Waals surface area (Å²) in [5.41, 5.74) is 3.39. The van der Waals surface area contributed by atoms with E-state index in [4.69, 9.17) is 0 Å². The van der Waals surface area contributed by atoms with Crippen LogP contribution < -0.4 is 5.32 Å². The monoisotopic (exact) mass is 412 g/mol. The molecule has 0 saturated carbocycles. The molecule has 2 aromatic rings. The van der Waals surface area contributed by atoms with Crippen LogP contribution in [0.15, 0.2) is 54.6 Å². The molecule has 156 valence electrons. The second kappa shape index (κ2) is 11.7. The van der Waals surface area contributed by atoms with E-state index >= 15 is 0 Å². The zero-order valence-electron chi connectivity index (χ0n) is 17.9. The van der Waals surface area contributed by atoms with Gasteiger partial charge in [-0.1, -0.05) is 74.0 Å². The zero-order chi connectivity index (χ0) is 21.2. The molecule has 5 heteroatoms. The molecule has 0 aliphatic heterocycles. The number of benzene rings is 2. The SMILES string of the molecule is Cc1ccc(CN(C(=O)CSCc2ccccc2)[C@H](C)C(=O)NCC(C)C)cc1. The Balaban J connectivity index is 2.04. The molecule has 2 aromatic carbocycles. The standard InChI is InChI=1S/C24H32N2O2S/c1-18(2)14-25-24(28)20(4)26(15-21-12-10-19(3)11-13-21)23(27)17-29-16-22-8-6-5-7-9-22/h5-13,18,20H,14-17H2,1-4H3,(H,25,28)/t20-/m1/s1. The highest BCUT2D eigenvalue weighted by Gasteiger charge is 2.26. The first-order valence-corrected chi connectivity index (χ1v) is 11.3. The summed E-state index contributed by atoms with van der Waals surface area (Å²) in [6.45, 7) is 9.00. The van der Waals surface area contributed by atoms with Crippen molar-refractivity contribution in [1.29, 1.82) is 0 Å². The van der Waals surface area contributed by atoms with E-state index in [9.17, 15) is 9.59 Å². The Kier molecular flexibility index (Phi) is 9.26. The van der Waals surface area contributed by atoms with Gasteiger partial charge in [-0.2, -0.15) is 0 Å². The van der Waals surface area contributed by atoms with Crippen LogP contribution >= 0.6 is 11.8 Å². The minimum Gasteiger partial charge on any atom is -0.354 e. The molecule has 1 N–H and O–H groups in total. The topological polar surface area (TPSA) is 49.4 Å². The zero-order valence-corrected chi connectivity index (χ0v) is 18.7. The van der Waals surface area contributed by atoms with E-state index < -0.39 is 6.04 Å². The predicted octanol–water partition coefficient (Wildman–Crippen LogP) is 4.42. The van der Waals surface area contributed by atoms with E-state index in [1.54, 1.807) is 16.7 Å². The van der Waals surface area contributed by atoms with E-state index in [2.05, 4.69) is 31.3 Å². The first-order valence-electron chi connectivity index (χ1n) is 10.1. The highest BCUT2D eigenvalue weighted by atomic mass is 32.2. The molecule has 0 aliphatic carbocycles. The number of amides is 2. The first kappa shape index (κ1) is 23.0. The fourth-order valence-electron chi connectivity index (χ4n) is 2.84. The van der Waals surface area contributed by atoms with Crippen LogP contribution in [0.3, 0.4) is 0 Å². The molecule has 4 nitrogen and oxygen atoms in total. The van der Waals surface area contributed by atoms with Crippen LogP contribution in [0, 0.1) is 12.8 Å². The Bertz CT molecular complexity index is 775. The molecular weight excluding hydrogens is 380 g/mol. The van der Waals surface area contributed by atoms with Crippen molar-refractivity contribution < 1.29 is 9.59 Å². The number of aryl methyl sites for hydroxylation is 1. The number of rotatable bonds is 10. The van der Waals surface area contributed by atoms with Crippen molar-refractivity contribution >= 4 is 23.6 Å². The highest BCUT2D eigenvalue weighted by molar-refractivity contribution is 7.99. The van der Waals surface area contributed by atoms with Gasteiger partial charge in [0.25, 0.3) is 0 Å². The average molecular weight is 413 g/mol. The summed E-state index contributed by atoms with van der Waals surface area (Å²) in [7, 11) is 0. The number of carbonyl (C=O) groups is 2. The van der Waals surface area contributed by atoms with Gasteiger partial charge in [0.2, 0.25) is 11.8 Å². The van der Waals surface area contributed by atoms with E-state index in [1.807, 2.05) is 56.3 Å². The quantitative estimate of drug-likeness (QED) is 0.628. The number of nitrogens with one attached hydrogen (secondary N) is 1. The Hall–Kier alpha value is -2.27. The average Bonchev–Trinajstić information content (AvgIpc) is 2.71. The van der Waals surface area contributed by atoms with Gasteiger partial charge in [0, 0.05) is 18.8 Å². The molecule has 0 unspecified atom stereocenters. The van der Waals surface area contributed by atoms with Crippen LogP contribution in [0.25, 0.3) is 0 Å². The Morgan fingerprint density at radius 3 is 2.24 bits per heavy atom. The number of nitrogens with zero attached hydrogens (tertiary/aromatic N) is 1. The Morgan fingerprint density at radius 2 is 1.62 bits per heavy atom. The lowest BCUT2D eigenvalue weighted by molar-refractivity contribution is -0.138. The molecule has 0 saturated heterocycles. The van der Waals surface area contributed by atoms with Gasteiger partial charge in [-0.05, 0) is 30.9 Å². The largest absolute Gasteiger partial charge is 0.354 e. The third kappa shape index (κ3) is 7.94. The smallest absolute Gasteiger partial charge is 0.242 e. The van der Waals surface area contributed by atoms with Gasteiger partial charge in [0.15, 0.2) is 0 Å². The van der Waals surface area contributed by atoms with Crippen LogP contribution in [0.2, 0.25) is 0 Å². The summed E-state index contributed by atoms with van der Waals surface area (Å²) in [6.07, 6.45) is 0. The van der Waals surface area contributed by atoms with Gasteiger partial charge in [0.1, 0.15) is 6.04 Å². The normalized spacial score (nSPS) is 11.9. The van der Waals surface area contributed by atoms with Crippen LogP contribution in [-0.2, 0) is 21.9 Å². The lowest BCUT2D eigenvalue weighted by Crippen LogP contribution is -2.48. The summed E-state index contributed by atoms with van der Waals surface area (Å²) in [5.74, 6) is 1.38. The van der Waals surface area contributed by atoms with Crippen molar-refractivity contribution in [3.8, 4) is 0 Å². The van der Waals surface area contributed by atoms with Crippen LogP contribution in [-0.4, -0.2) is 35.1 Å². The van der Waals surface area contributed by atoms with E-state index in [0.717, 1.165) is 11.3 Å². The van der Waals surface area contributed by atoms with E-state index in [0.29, 0.717) is 24.8 Å². The van der Waals surface area contributed by atoms with Gasteiger partial charge in [-0.15, -0.1) is 11.8 Å². The maximum atomic E-state index is 13.0. The molecule has 0 aliphatic rings. The summed E-state index contributed by atoms with van der Waals surface area (Å²) < 4.78 is 0. The predicted molar refractivity (Wildman–Crippen MR) is 122 cm³/mol. The fourth-order valence-corrected chi connectivity index (χ4v) is 3.71. The van der Waals surface area contributed by atoms with Gasteiger partial charge in [0.05, 0.1) is 5.75 Å². The number of carbonyl (C=O) groups excluding carboxylic acids is 2. The minimum atomic E-state index is -0.514. The molecule has 2 rings (SSSR count). The summed E-state index contributed by atoms with van der Waals surface area (Å²) in [6, 6.07) is 17.7. The second-order valence-electron chi connectivity index (χ2n) is 7.80. The van der Waals surface area contributed by atoms with Crippen molar-refractivity contribution in [1.82, 2.24) is 10.2 Å². The third-order valence-electron chi connectivity index (χ3n) is 4.66. The maximum absolute atomic E-state index is 13.0. The van der Waals surface area contributed by atoms with E-state index in [-0.39, 0.29) is 11.8 Å². The van der Waals surface area contributed by atoms with Crippen molar-refractivity contribution in [3.63, 3.8) is 0 Å². The Morgan fingerprint density at radius 1 is 0.966 bits per heavy atom. The molecule has 1 atom stereocenters. The molecule has 0 radical (unpaired) electrons. The number of thioether (sulfide) groups is 1. The summed E-state index contributed by atoms with van der Waals surface area (Å²) in [4.78, 5) is 27.3. The third-order valence-corrected chi connectivity index (χ3v) is 5.65. The maximum Gasteiger partial charge on any atom is 0.242 e. The van der Waals surface area contributed by atoms with Crippen LogP contribution in [0.5, 0.6) is 0 Å². The lowest BCUT2D eigenvalue weighted by atomic mass is 10.1. The van der Waals surface area contributed by atoms with Crippen molar-refractivity contribution in [2.75, 3.05) is 12.3 Å². The minimum absolute atomic E-state index is 0.0151. The molecule has 0 aromatic heterocycles. The van der Waals surface area contributed by atoms with E-state index in [1.165, 1.54) is 11.1 Å². The number of hydrogen-bond donors (Lipinski definition) is 1. The van der Waals surface area contributed by atoms with Crippen molar-refractivity contribution in [2.24, 2.45) is 5.92 Å². The van der Waals surface area contributed by atoms with Gasteiger partial charge in [-0.25, -0.2) is 0 Å². The van der Waals surface area contributed by atoms with Gasteiger partial charge < -0.3 is 10.2 Å². The van der Waals surface area contributed by atoms with Gasteiger partial charge in [-0.3, -0.25) is 9.59 Å². The molecule has 0 spiro atoms.